The van der Waals surface area contributed by atoms with E-state index in [9.17, 15) is 14.4 Å². The van der Waals surface area contributed by atoms with E-state index in [-0.39, 0.29) is 31.1 Å². The Morgan fingerprint density at radius 2 is 0.549 bits per heavy atom. The van der Waals surface area contributed by atoms with E-state index in [0.717, 1.165) is 89.9 Å². The van der Waals surface area contributed by atoms with Crippen LogP contribution in [0.5, 0.6) is 0 Å². The molecule has 0 aromatic rings. The van der Waals surface area contributed by atoms with Crippen LogP contribution in [-0.4, -0.2) is 37.2 Å². The highest BCUT2D eigenvalue weighted by Gasteiger charge is 2.19. The third-order valence-electron chi connectivity index (χ3n) is 13.5. The minimum Gasteiger partial charge on any atom is -0.462 e. The molecule has 0 amide bonds. The molecule has 6 heteroatoms. The van der Waals surface area contributed by atoms with Crippen molar-refractivity contribution in [2.45, 2.75) is 322 Å². The molecular weight excluding hydrogens is 877 g/mol. The zero-order valence-electron chi connectivity index (χ0n) is 47.2. The maximum absolute atomic E-state index is 12.8. The number of hydrogen-bond acceptors (Lipinski definition) is 6. The minimum absolute atomic E-state index is 0.0732. The Hall–Kier alpha value is -2.89. The molecule has 0 fully saturated rings. The lowest BCUT2D eigenvalue weighted by Crippen LogP contribution is -2.30. The van der Waals surface area contributed by atoms with Crippen molar-refractivity contribution in [1.29, 1.82) is 0 Å². The Bertz CT molecular complexity index is 1280. The lowest BCUT2D eigenvalue weighted by Gasteiger charge is -2.18. The second kappa shape index (κ2) is 59.7. The fourth-order valence-corrected chi connectivity index (χ4v) is 8.90. The van der Waals surface area contributed by atoms with Gasteiger partial charge in [0.2, 0.25) is 0 Å². The number of esters is 3. The number of ether oxygens (including phenoxy) is 3. The Morgan fingerprint density at radius 1 is 0.296 bits per heavy atom. The monoisotopic (exact) mass is 993 g/mol. The van der Waals surface area contributed by atoms with Gasteiger partial charge in [-0.25, -0.2) is 0 Å². The van der Waals surface area contributed by atoms with Crippen molar-refractivity contribution in [1.82, 2.24) is 0 Å². The van der Waals surface area contributed by atoms with Gasteiger partial charge in [-0.2, -0.15) is 0 Å². The number of carbonyl (C=O) groups excluding carboxylic acids is 3. The molecule has 0 aliphatic rings. The first-order chi connectivity index (χ1) is 35.0. The molecule has 0 heterocycles. The number of carbonyl (C=O) groups is 3. The molecule has 0 radical (unpaired) electrons. The summed E-state index contributed by atoms with van der Waals surface area (Å²) in [6.45, 7) is 6.54. The Morgan fingerprint density at radius 3 is 0.887 bits per heavy atom. The predicted octanol–water partition coefficient (Wildman–Crippen LogP) is 20.8. The van der Waals surface area contributed by atoms with Crippen molar-refractivity contribution in [2.75, 3.05) is 13.2 Å². The molecule has 0 aliphatic heterocycles. The maximum Gasteiger partial charge on any atom is 0.306 e. The van der Waals surface area contributed by atoms with Crippen molar-refractivity contribution in [3.05, 3.63) is 60.8 Å². The van der Waals surface area contributed by atoms with Crippen LogP contribution >= 0.6 is 0 Å². The predicted molar refractivity (Wildman–Crippen MR) is 307 cm³/mol. The summed E-state index contributed by atoms with van der Waals surface area (Å²) < 4.78 is 16.9. The van der Waals surface area contributed by atoms with Gasteiger partial charge >= 0.3 is 17.9 Å². The second-order valence-corrected chi connectivity index (χ2v) is 20.6. The molecule has 0 saturated carbocycles. The van der Waals surface area contributed by atoms with Crippen molar-refractivity contribution in [2.24, 2.45) is 0 Å². The molecule has 6 nitrogen and oxygen atoms in total. The first kappa shape index (κ1) is 68.1. The first-order valence-corrected chi connectivity index (χ1v) is 30.8. The van der Waals surface area contributed by atoms with Gasteiger partial charge in [-0.3, -0.25) is 14.4 Å². The van der Waals surface area contributed by atoms with Gasteiger partial charge in [0.1, 0.15) is 13.2 Å². The van der Waals surface area contributed by atoms with Gasteiger partial charge in [-0.1, -0.05) is 274 Å². The summed E-state index contributed by atoms with van der Waals surface area (Å²) in [5.41, 5.74) is 0. The quantitative estimate of drug-likeness (QED) is 0.0261. The molecule has 0 rings (SSSR count). The van der Waals surface area contributed by atoms with Gasteiger partial charge < -0.3 is 14.2 Å². The average Bonchev–Trinajstić information content (AvgIpc) is 3.37. The molecule has 0 aromatic heterocycles. The summed E-state index contributed by atoms with van der Waals surface area (Å²) in [4.78, 5) is 38.2. The van der Waals surface area contributed by atoms with Crippen LogP contribution in [0.3, 0.4) is 0 Å². The summed E-state index contributed by atoms with van der Waals surface area (Å²) in [6.07, 6.45) is 75.1. The molecule has 0 aliphatic carbocycles. The van der Waals surface area contributed by atoms with Crippen LogP contribution in [0.1, 0.15) is 316 Å². The molecule has 0 saturated heterocycles. The lowest BCUT2D eigenvalue weighted by atomic mass is 10.0. The maximum atomic E-state index is 12.8. The zero-order chi connectivity index (χ0) is 51.4. The van der Waals surface area contributed by atoms with Crippen molar-refractivity contribution in [3.8, 4) is 0 Å². The van der Waals surface area contributed by atoms with E-state index in [4.69, 9.17) is 14.2 Å². The summed E-state index contributed by atoms with van der Waals surface area (Å²) in [5, 5.41) is 0. The highest BCUT2D eigenvalue weighted by molar-refractivity contribution is 5.71. The van der Waals surface area contributed by atoms with Crippen LogP contribution in [0.2, 0.25) is 0 Å². The number of unbranched alkanes of at least 4 members (excludes halogenated alkanes) is 35. The van der Waals surface area contributed by atoms with Crippen LogP contribution in [0, 0.1) is 0 Å². The summed E-state index contributed by atoms with van der Waals surface area (Å²) in [5.74, 6) is -0.867. The number of rotatable bonds is 56. The van der Waals surface area contributed by atoms with Crippen molar-refractivity contribution < 1.29 is 28.6 Å². The number of allylic oxidation sites excluding steroid dienone is 10. The van der Waals surface area contributed by atoms with Crippen LogP contribution in [0.25, 0.3) is 0 Å². The van der Waals surface area contributed by atoms with Crippen LogP contribution < -0.4 is 0 Å². The lowest BCUT2D eigenvalue weighted by molar-refractivity contribution is -0.167. The molecule has 1 atom stereocenters. The van der Waals surface area contributed by atoms with Gasteiger partial charge in [0.15, 0.2) is 6.10 Å². The van der Waals surface area contributed by atoms with Gasteiger partial charge in [0.05, 0.1) is 0 Å². The highest BCUT2D eigenvalue weighted by Crippen LogP contribution is 2.17. The van der Waals surface area contributed by atoms with Gasteiger partial charge in [-0.05, 0) is 83.5 Å². The molecular formula is C65H116O6. The van der Waals surface area contributed by atoms with E-state index in [2.05, 4.69) is 81.5 Å². The second-order valence-electron chi connectivity index (χ2n) is 20.6. The fraction of sp³-hybridized carbons (Fsp3) is 0.800. The number of hydrogen-bond donors (Lipinski definition) is 0. The Labute approximate surface area is 440 Å². The molecule has 71 heavy (non-hydrogen) atoms. The van der Waals surface area contributed by atoms with E-state index in [1.807, 2.05) is 0 Å². The zero-order valence-corrected chi connectivity index (χ0v) is 47.2. The van der Waals surface area contributed by atoms with Crippen LogP contribution in [0.4, 0.5) is 0 Å². The molecule has 0 bridgehead atoms. The van der Waals surface area contributed by atoms with Gasteiger partial charge in [0.25, 0.3) is 0 Å². The van der Waals surface area contributed by atoms with E-state index in [0.29, 0.717) is 19.3 Å². The van der Waals surface area contributed by atoms with Crippen LogP contribution in [0.15, 0.2) is 60.8 Å². The van der Waals surface area contributed by atoms with E-state index in [1.54, 1.807) is 0 Å². The van der Waals surface area contributed by atoms with E-state index < -0.39 is 6.10 Å². The molecule has 0 spiro atoms. The van der Waals surface area contributed by atoms with E-state index in [1.165, 1.54) is 186 Å². The summed E-state index contributed by atoms with van der Waals surface area (Å²) in [6, 6.07) is 0. The topological polar surface area (TPSA) is 78.9 Å². The minimum atomic E-state index is -0.775. The van der Waals surface area contributed by atoms with Gasteiger partial charge in [-0.15, -0.1) is 0 Å². The average molecular weight is 994 g/mol. The third-order valence-corrected chi connectivity index (χ3v) is 13.5. The SMILES string of the molecule is CC/C=C\C/C=C\C/C=C\C/C=C\CCCCCCCCCCCCCCCCC(=O)OCC(COC(=O)CCCCCCCCCCCCCCC)OC(=O)CCCCCCC/C=C\CCCCCC. The third kappa shape index (κ3) is 57.9. The highest BCUT2D eigenvalue weighted by atomic mass is 16.6. The smallest absolute Gasteiger partial charge is 0.306 e. The fourth-order valence-electron chi connectivity index (χ4n) is 8.90. The summed E-state index contributed by atoms with van der Waals surface area (Å²) >= 11 is 0. The van der Waals surface area contributed by atoms with Crippen LogP contribution in [-0.2, 0) is 28.6 Å². The standard InChI is InChI=1S/C65H116O6/c1-4-7-10-13-16-19-22-25-26-27-28-29-30-31-32-33-34-35-36-37-38-41-43-46-49-52-55-58-64(67)70-61-62(71-65(68)59-56-53-50-47-44-40-24-21-18-15-12-9-6-3)60-69-63(66)57-54-51-48-45-42-39-23-20-17-14-11-8-5-2/h7,10,16,19,21,24-26,28-29,62H,4-6,8-9,11-15,17-18,20,22-23,27,30-61H2,1-3H3/b10-7-,19-16-,24-21-,26-25-,29-28-. The molecule has 1 unspecified atom stereocenters. The summed E-state index contributed by atoms with van der Waals surface area (Å²) in [7, 11) is 0. The first-order valence-electron chi connectivity index (χ1n) is 30.8. The Balaban J connectivity index is 4.20. The molecule has 0 aromatic carbocycles. The molecule has 412 valence electrons. The van der Waals surface area contributed by atoms with Crippen molar-refractivity contribution >= 4 is 17.9 Å². The van der Waals surface area contributed by atoms with E-state index >= 15 is 0 Å². The normalized spacial score (nSPS) is 12.4. The van der Waals surface area contributed by atoms with Gasteiger partial charge in [0, 0.05) is 19.3 Å². The molecule has 0 N–H and O–H groups in total. The largest absolute Gasteiger partial charge is 0.462 e. The van der Waals surface area contributed by atoms with Crippen molar-refractivity contribution in [3.63, 3.8) is 0 Å². The Kier molecular flexibility index (Phi) is 57.2.